The van der Waals surface area contributed by atoms with Gasteiger partial charge in [0.15, 0.2) is 5.76 Å². The van der Waals surface area contributed by atoms with E-state index in [1.54, 1.807) is 34.2 Å². The van der Waals surface area contributed by atoms with Crippen molar-refractivity contribution in [3.05, 3.63) is 65.0 Å². The Bertz CT molecular complexity index is 1450. The Balaban J connectivity index is 1.47. The number of amides is 2. The second kappa shape index (κ2) is 11.7. The fourth-order valence-corrected chi connectivity index (χ4v) is 5.29. The molecule has 2 aliphatic heterocycles. The molecule has 2 fully saturated rings. The zero-order valence-electron chi connectivity index (χ0n) is 21.3. The molecule has 0 spiro atoms. The van der Waals surface area contributed by atoms with E-state index >= 15 is 0 Å². The third kappa shape index (κ3) is 5.64. The molecule has 4 heterocycles. The SMILES string of the molecule is N#C/C(C(=O)c1ccco1)=C(\Nc1cccc2c(Cl)c[nH]c12)N[C@H]1CCCCN(CC(=O)N2CCCC2)C1=O. The average Bonchev–Trinajstić information content (AvgIpc) is 3.71. The maximum atomic E-state index is 13.6. The lowest BCUT2D eigenvalue weighted by atomic mass is 10.1. The van der Waals surface area contributed by atoms with Gasteiger partial charge in [-0.2, -0.15) is 5.26 Å². The molecule has 2 amide bonds. The number of ketones is 1. The van der Waals surface area contributed by atoms with Gasteiger partial charge in [-0.25, -0.2) is 0 Å². The van der Waals surface area contributed by atoms with Gasteiger partial charge in [-0.05, 0) is 50.3 Å². The van der Waals surface area contributed by atoms with E-state index in [-0.39, 0.29) is 35.5 Å². The molecule has 3 N–H and O–H groups in total. The van der Waals surface area contributed by atoms with Gasteiger partial charge in [0.1, 0.15) is 23.5 Å². The number of nitriles is 1. The van der Waals surface area contributed by atoms with E-state index in [4.69, 9.17) is 16.0 Å². The molecule has 3 aromatic rings. The van der Waals surface area contributed by atoms with Gasteiger partial charge in [-0.15, -0.1) is 0 Å². The van der Waals surface area contributed by atoms with Gasteiger partial charge < -0.3 is 29.8 Å². The summed E-state index contributed by atoms with van der Waals surface area (Å²) in [5.74, 6) is -0.863. The molecule has 0 saturated carbocycles. The monoisotopic (exact) mass is 548 g/mol. The number of H-pyrrole nitrogens is 1. The minimum Gasteiger partial charge on any atom is -0.461 e. The standard InChI is InChI=1S/C28H29ClN6O4/c29-20-16-31-25-18(20)7-5-9-21(25)32-27(19(15-30)26(37)23-10-6-14-39-23)33-22-8-1-2-13-35(28(22)38)17-24(36)34-11-3-4-12-34/h5-7,9-10,14,16,22,31-33H,1-4,8,11-13,17H2/b27-19-/t22-/m0/s1. The highest BCUT2D eigenvalue weighted by molar-refractivity contribution is 6.36. The topological polar surface area (TPSA) is 134 Å². The Hall–Kier alpha value is -4.23. The maximum Gasteiger partial charge on any atom is 0.245 e. The summed E-state index contributed by atoms with van der Waals surface area (Å²) in [6.07, 6.45) is 6.92. The summed E-state index contributed by atoms with van der Waals surface area (Å²) in [6.45, 7) is 1.92. The van der Waals surface area contributed by atoms with Crippen LogP contribution in [0.5, 0.6) is 0 Å². The second-order valence-electron chi connectivity index (χ2n) is 9.70. The molecular formula is C28H29ClN6O4. The van der Waals surface area contributed by atoms with E-state index < -0.39 is 11.8 Å². The predicted molar refractivity (Wildman–Crippen MR) is 146 cm³/mol. The molecule has 1 atom stereocenters. The number of halogens is 1. The summed E-state index contributed by atoms with van der Waals surface area (Å²) < 4.78 is 5.26. The molecule has 0 aliphatic carbocycles. The highest BCUT2D eigenvalue weighted by Gasteiger charge is 2.32. The van der Waals surface area contributed by atoms with Gasteiger partial charge in [-0.3, -0.25) is 14.4 Å². The molecule has 0 unspecified atom stereocenters. The van der Waals surface area contributed by atoms with Crippen LogP contribution in [0.4, 0.5) is 5.69 Å². The second-order valence-corrected chi connectivity index (χ2v) is 10.1. The number of carbonyl (C=O) groups is 3. The fraction of sp³-hybridized carbons (Fsp3) is 0.357. The first-order valence-electron chi connectivity index (χ1n) is 13.0. The van der Waals surface area contributed by atoms with Gasteiger partial charge in [-0.1, -0.05) is 23.7 Å². The van der Waals surface area contributed by atoms with E-state index in [1.165, 1.54) is 12.3 Å². The summed E-state index contributed by atoms with van der Waals surface area (Å²) >= 11 is 6.30. The quantitative estimate of drug-likeness (QED) is 0.220. The summed E-state index contributed by atoms with van der Waals surface area (Å²) in [4.78, 5) is 46.2. The number of furan rings is 1. The number of anilines is 1. The molecule has 5 rings (SSSR count). The van der Waals surface area contributed by atoms with Gasteiger partial charge in [0.2, 0.25) is 17.6 Å². The molecule has 2 aromatic heterocycles. The van der Waals surface area contributed by atoms with Crippen molar-refractivity contribution in [2.45, 2.75) is 38.1 Å². The lowest BCUT2D eigenvalue weighted by molar-refractivity contribution is -0.140. The third-order valence-corrected chi connectivity index (χ3v) is 7.46. The number of fused-ring (bicyclic) bond motifs is 1. The zero-order valence-corrected chi connectivity index (χ0v) is 22.1. The van der Waals surface area contributed by atoms with Crippen molar-refractivity contribution in [1.29, 1.82) is 5.26 Å². The summed E-state index contributed by atoms with van der Waals surface area (Å²) in [6, 6.07) is 9.70. The Morgan fingerprint density at radius 3 is 2.67 bits per heavy atom. The first kappa shape index (κ1) is 26.4. The van der Waals surface area contributed by atoms with Crippen LogP contribution >= 0.6 is 11.6 Å². The number of nitrogens with one attached hydrogen (secondary N) is 3. The van der Waals surface area contributed by atoms with Crippen LogP contribution in [-0.4, -0.2) is 64.6 Å². The van der Waals surface area contributed by atoms with Crippen molar-refractivity contribution < 1.29 is 18.8 Å². The highest BCUT2D eigenvalue weighted by Crippen LogP contribution is 2.30. The number of carbonyl (C=O) groups excluding carboxylic acids is 3. The van der Waals surface area contributed by atoms with Crippen LogP contribution in [-0.2, 0) is 9.59 Å². The Morgan fingerprint density at radius 1 is 1.13 bits per heavy atom. The van der Waals surface area contributed by atoms with Crippen LogP contribution < -0.4 is 10.6 Å². The van der Waals surface area contributed by atoms with Crippen molar-refractivity contribution in [3.8, 4) is 6.07 Å². The van der Waals surface area contributed by atoms with Crippen LogP contribution in [0.3, 0.4) is 0 Å². The van der Waals surface area contributed by atoms with E-state index in [2.05, 4.69) is 15.6 Å². The number of aromatic amines is 1. The highest BCUT2D eigenvalue weighted by atomic mass is 35.5. The summed E-state index contributed by atoms with van der Waals surface area (Å²) in [7, 11) is 0. The summed E-state index contributed by atoms with van der Waals surface area (Å²) in [5, 5.41) is 17.7. The number of para-hydroxylation sites is 1. The number of hydrogen-bond donors (Lipinski definition) is 3. The molecule has 11 heteroatoms. The lowest BCUT2D eigenvalue weighted by Crippen LogP contribution is -2.49. The van der Waals surface area contributed by atoms with Gasteiger partial charge >= 0.3 is 0 Å². The number of Topliss-reactive ketones (excluding diaryl/α,β-unsaturated/α-hetero) is 1. The van der Waals surface area contributed by atoms with Crippen LogP contribution in [0, 0.1) is 11.3 Å². The molecule has 39 heavy (non-hydrogen) atoms. The molecule has 1 aromatic carbocycles. The number of likely N-dealkylation sites (tertiary alicyclic amines) is 2. The van der Waals surface area contributed by atoms with Gasteiger partial charge in [0, 0.05) is 31.2 Å². The van der Waals surface area contributed by atoms with Crippen molar-refractivity contribution in [2.75, 3.05) is 31.5 Å². The molecule has 0 radical (unpaired) electrons. The molecular weight excluding hydrogens is 520 g/mol. The van der Waals surface area contributed by atoms with Crippen molar-refractivity contribution in [2.24, 2.45) is 0 Å². The van der Waals surface area contributed by atoms with Gasteiger partial charge in [0.25, 0.3) is 0 Å². The predicted octanol–water partition coefficient (Wildman–Crippen LogP) is 4.04. The Kier molecular flexibility index (Phi) is 7.89. The summed E-state index contributed by atoms with van der Waals surface area (Å²) in [5.41, 5.74) is 0.995. The number of allylic oxidation sites excluding steroid dienone is 1. The minimum atomic E-state index is -0.749. The number of hydrogen-bond acceptors (Lipinski definition) is 7. The van der Waals surface area contributed by atoms with E-state index in [9.17, 15) is 19.6 Å². The first-order chi connectivity index (χ1) is 19.0. The average molecular weight is 549 g/mol. The smallest absolute Gasteiger partial charge is 0.245 e. The van der Waals surface area contributed by atoms with E-state index in [1.807, 2.05) is 12.1 Å². The maximum absolute atomic E-state index is 13.6. The van der Waals surface area contributed by atoms with Crippen molar-refractivity contribution in [1.82, 2.24) is 20.1 Å². The van der Waals surface area contributed by atoms with E-state index in [0.717, 1.165) is 31.1 Å². The number of rotatable bonds is 8. The largest absolute Gasteiger partial charge is 0.461 e. The van der Waals surface area contributed by atoms with Crippen LogP contribution in [0.1, 0.15) is 42.7 Å². The Morgan fingerprint density at radius 2 is 1.92 bits per heavy atom. The van der Waals surface area contributed by atoms with Crippen LogP contribution in [0.25, 0.3) is 10.9 Å². The number of aromatic nitrogens is 1. The number of nitrogens with zero attached hydrogens (tertiary/aromatic N) is 3. The normalized spacial score (nSPS) is 18.5. The molecule has 10 nitrogen and oxygen atoms in total. The molecule has 2 aliphatic rings. The Labute approximate surface area is 230 Å². The molecule has 202 valence electrons. The number of benzene rings is 1. The first-order valence-corrected chi connectivity index (χ1v) is 13.4. The van der Waals surface area contributed by atoms with E-state index in [0.29, 0.717) is 42.3 Å². The lowest BCUT2D eigenvalue weighted by Gasteiger charge is -2.28. The van der Waals surface area contributed by atoms with Crippen LogP contribution in [0.15, 0.2) is 58.6 Å². The van der Waals surface area contributed by atoms with Crippen molar-refractivity contribution in [3.63, 3.8) is 0 Å². The van der Waals surface area contributed by atoms with Crippen molar-refractivity contribution >= 4 is 45.8 Å². The molecule has 2 saturated heterocycles. The minimum absolute atomic E-state index is 0.00111. The zero-order chi connectivity index (χ0) is 27.4. The fourth-order valence-electron chi connectivity index (χ4n) is 5.08. The van der Waals surface area contributed by atoms with Gasteiger partial charge in [0.05, 0.1) is 29.0 Å². The van der Waals surface area contributed by atoms with Crippen LogP contribution in [0.2, 0.25) is 5.02 Å². The molecule has 0 bridgehead atoms. The third-order valence-electron chi connectivity index (χ3n) is 7.14.